The standard InChI is InChI=1S/C10H16N4O3/c1-3-17-10(16)5-4-9(15)11-6-8-12-7-14(2)13-8/h7H,3-6H2,1-2H3,(H,11,15). The van der Waals surface area contributed by atoms with E-state index in [1.54, 1.807) is 25.0 Å². The molecule has 0 radical (unpaired) electrons. The third-order valence-corrected chi connectivity index (χ3v) is 1.95. The molecule has 0 saturated carbocycles. The fourth-order valence-corrected chi connectivity index (χ4v) is 1.18. The van der Waals surface area contributed by atoms with Crippen molar-refractivity contribution >= 4 is 11.9 Å². The molecule has 94 valence electrons. The minimum absolute atomic E-state index is 0.0926. The van der Waals surface area contributed by atoms with Crippen molar-refractivity contribution in [1.82, 2.24) is 20.1 Å². The molecule has 0 unspecified atom stereocenters. The first-order chi connectivity index (χ1) is 8.11. The lowest BCUT2D eigenvalue weighted by Gasteiger charge is -2.02. The Hall–Kier alpha value is -1.92. The minimum Gasteiger partial charge on any atom is -0.466 e. The number of hydrogen-bond donors (Lipinski definition) is 1. The smallest absolute Gasteiger partial charge is 0.306 e. The normalized spacial score (nSPS) is 10.0. The van der Waals surface area contributed by atoms with Crippen molar-refractivity contribution in [3.05, 3.63) is 12.2 Å². The van der Waals surface area contributed by atoms with Gasteiger partial charge in [0.05, 0.1) is 19.6 Å². The summed E-state index contributed by atoms with van der Waals surface area (Å²) in [5.41, 5.74) is 0. The molecule has 1 heterocycles. The molecule has 0 aliphatic heterocycles. The highest BCUT2D eigenvalue weighted by Gasteiger charge is 2.08. The van der Waals surface area contributed by atoms with Crippen molar-refractivity contribution in [2.24, 2.45) is 7.05 Å². The van der Waals surface area contributed by atoms with Crippen molar-refractivity contribution in [2.45, 2.75) is 26.3 Å². The van der Waals surface area contributed by atoms with E-state index in [4.69, 9.17) is 4.74 Å². The van der Waals surface area contributed by atoms with Gasteiger partial charge in [0.2, 0.25) is 5.91 Å². The Kier molecular flexibility index (Phi) is 5.12. The Labute approximate surface area is 99.2 Å². The van der Waals surface area contributed by atoms with Crippen LogP contribution in [0.25, 0.3) is 0 Å². The summed E-state index contributed by atoms with van der Waals surface area (Å²) >= 11 is 0. The molecular weight excluding hydrogens is 224 g/mol. The Morgan fingerprint density at radius 2 is 2.24 bits per heavy atom. The van der Waals surface area contributed by atoms with Gasteiger partial charge < -0.3 is 10.1 Å². The molecule has 17 heavy (non-hydrogen) atoms. The van der Waals surface area contributed by atoms with Gasteiger partial charge in [-0.05, 0) is 6.92 Å². The van der Waals surface area contributed by atoms with Gasteiger partial charge in [-0.25, -0.2) is 4.98 Å². The Bertz CT molecular complexity index is 389. The fourth-order valence-electron chi connectivity index (χ4n) is 1.18. The van der Waals surface area contributed by atoms with Crippen molar-refractivity contribution < 1.29 is 14.3 Å². The molecule has 7 heteroatoms. The summed E-state index contributed by atoms with van der Waals surface area (Å²) in [5.74, 6) is -0.0406. The summed E-state index contributed by atoms with van der Waals surface area (Å²) in [5, 5.41) is 6.63. The summed E-state index contributed by atoms with van der Waals surface area (Å²) in [6.45, 7) is 2.32. The highest BCUT2D eigenvalue weighted by Crippen LogP contribution is 1.94. The quantitative estimate of drug-likeness (QED) is 0.694. The van der Waals surface area contributed by atoms with E-state index in [0.29, 0.717) is 12.4 Å². The van der Waals surface area contributed by atoms with E-state index in [0.717, 1.165) is 0 Å². The number of nitrogens with one attached hydrogen (secondary N) is 1. The average Bonchev–Trinajstić information content (AvgIpc) is 2.70. The Balaban J connectivity index is 2.19. The topological polar surface area (TPSA) is 86.1 Å². The Morgan fingerprint density at radius 1 is 1.47 bits per heavy atom. The number of aromatic nitrogens is 3. The second-order valence-electron chi connectivity index (χ2n) is 3.42. The molecule has 1 aromatic heterocycles. The van der Waals surface area contributed by atoms with Crippen LogP contribution in [0, 0.1) is 0 Å². The maximum absolute atomic E-state index is 11.4. The van der Waals surface area contributed by atoms with Crippen molar-refractivity contribution in [1.29, 1.82) is 0 Å². The number of carbonyl (C=O) groups is 2. The molecule has 7 nitrogen and oxygen atoms in total. The number of carbonyl (C=O) groups excluding carboxylic acids is 2. The van der Waals surface area contributed by atoms with Crippen LogP contribution < -0.4 is 5.32 Å². The molecule has 0 spiro atoms. The van der Waals surface area contributed by atoms with E-state index in [2.05, 4.69) is 15.4 Å². The summed E-state index contributed by atoms with van der Waals surface area (Å²) in [6.07, 6.45) is 1.76. The summed E-state index contributed by atoms with van der Waals surface area (Å²) in [4.78, 5) is 26.3. The highest BCUT2D eigenvalue weighted by atomic mass is 16.5. The molecule has 1 N–H and O–H groups in total. The number of nitrogens with zero attached hydrogens (tertiary/aromatic N) is 3. The van der Waals surface area contributed by atoms with Gasteiger partial charge >= 0.3 is 5.97 Å². The maximum Gasteiger partial charge on any atom is 0.306 e. The van der Waals surface area contributed by atoms with Crippen LogP contribution in [0.2, 0.25) is 0 Å². The zero-order valence-corrected chi connectivity index (χ0v) is 9.97. The van der Waals surface area contributed by atoms with E-state index in [1.165, 1.54) is 0 Å². The number of aryl methyl sites for hydroxylation is 1. The van der Waals surface area contributed by atoms with E-state index in [9.17, 15) is 9.59 Å². The first-order valence-corrected chi connectivity index (χ1v) is 5.38. The SMILES string of the molecule is CCOC(=O)CCC(=O)NCc1ncn(C)n1. The average molecular weight is 240 g/mol. The van der Waals surface area contributed by atoms with Gasteiger partial charge in [0.25, 0.3) is 0 Å². The zero-order valence-electron chi connectivity index (χ0n) is 9.97. The molecule has 0 atom stereocenters. The van der Waals surface area contributed by atoms with Gasteiger partial charge in [-0.2, -0.15) is 5.10 Å². The van der Waals surface area contributed by atoms with Crippen LogP contribution in [0.3, 0.4) is 0 Å². The van der Waals surface area contributed by atoms with E-state index >= 15 is 0 Å². The van der Waals surface area contributed by atoms with Gasteiger partial charge in [0, 0.05) is 13.5 Å². The number of esters is 1. The lowest BCUT2D eigenvalue weighted by Crippen LogP contribution is -2.24. The van der Waals surface area contributed by atoms with E-state index < -0.39 is 0 Å². The van der Waals surface area contributed by atoms with E-state index in [1.807, 2.05) is 0 Å². The van der Waals surface area contributed by atoms with Crippen LogP contribution in [0.1, 0.15) is 25.6 Å². The number of rotatable bonds is 6. The number of hydrogen-bond acceptors (Lipinski definition) is 5. The minimum atomic E-state index is -0.362. The summed E-state index contributed by atoms with van der Waals surface area (Å²) < 4.78 is 6.27. The van der Waals surface area contributed by atoms with Crippen LogP contribution in [-0.4, -0.2) is 33.2 Å². The monoisotopic (exact) mass is 240 g/mol. The van der Waals surface area contributed by atoms with Crippen LogP contribution in [0.4, 0.5) is 0 Å². The third kappa shape index (κ3) is 5.10. The third-order valence-electron chi connectivity index (χ3n) is 1.95. The Morgan fingerprint density at radius 3 is 2.82 bits per heavy atom. The second-order valence-corrected chi connectivity index (χ2v) is 3.42. The van der Waals surface area contributed by atoms with E-state index in [-0.39, 0.29) is 31.3 Å². The first-order valence-electron chi connectivity index (χ1n) is 5.38. The fraction of sp³-hybridized carbons (Fsp3) is 0.600. The zero-order chi connectivity index (χ0) is 12.7. The van der Waals surface area contributed by atoms with Crippen molar-refractivity contribution in [2.75, 3.05) is 6.61 Å². The highest BCUT2D eigenvalue weighted by molar-refractivity contribution is 5.81. The summed E-state index contributed by atoms with van der Waals surface area (Å²) in [7, 11) is 1.75. The van der Waals surface area contributed by atoms with Crippen molar-refractivity contribution in [3.8, 4) is 0 Å². The number of amides is 1. The van der Waals surface area contributed by atoms with Crippen LogP contribution in [0.15, 0.2) is 6.33 Å². The molecule has 1 aromatic rings. The van der Waals surface area contributed by atoms with Crippen LogP contribution in [0.5, 0.6) is 0 Å². The lowest BCUT2D eigenvalue weighted by atomic mass is 10.3. The van der Waals surface area contributed by atoms with Gasteiger partial charge in [0.15, 0.2) is 5.82 Å². The molecule has 0 aliphatic rings. The predicted octanol–water partition coefficient (Wildman–Crippen LogP) is -0.225. The first kappa shape index (κ1) is 13.1. The van der Waals surface area contributed by atoms with Gasteiger partial charge in [-0.1, -0.05) is 0 Å². The summed E-state index contributed by atoms with van der Waals surface area (Å²) in [6, 6.07) is 0. The molecular formula is C10H16N4O3. The molecule has 0 aliphatic carbocycles. The molecule has 0 saturated heterocycles. The van der Waals surface area contributed by atoms with Gasteiger partial charge in [0.1, 0.15) is 6.33 Å². The van der Waals surface area contributed by atoms with Crippen LogP contribution in [-0.2, 0) is 27.9 Å². The van der Waals surface area contributed by atoms with Crippen molar-refractivity contribution in [3.63, 3.8) is 0 Å². The maximum atomic E-state index is 11.4. The van der Waals surface area contributed by atoms with Crippen LogP contribution >= 0.6 is 0 Å². The molecule has 1 rings (SSSR count). The lowest BCUT2D eigenvalue weighted by molar-refractivity contribution is -0.144. The number of ether oxygens (including phenoxy) is 1. The largest absolute Gasteiger partial charge is 0.466 e. The molecule has 1 amide bonds. The molecule has 0 bridgehead atoms. The molecule has 0 fully saturated rings. The van der Waals surface area contributed by atoms with Gasteiger partial charge in [-0.15, -0.1) is 0 Å². The molecule has 0 aromatic carbocycles. The predicted molar refractivity (Wildman–Crippen MR) is 58.7 cm³/mol. The van der Waals surface area contributed by atoms with Gasteiger partial charge in [-0.3, -0.25) is 14.3 Å². The second kappa shape index (κ2) is 6.62.